The SMILES string of the molecule is OCC1CCN(CC2(CO)CCCCCC2)CC1. The van der Waals surface area contributed by atoms with Crippen LogP contribution >= 0.6 is 0 Å². The average Bonchev–Trinajstić information content (AvgIpc) is 2.66. The molecule has 2 aliphatic rings. The molecule has 1 aliphatic carbocycles. The molecule has 3 heteroatoms. The number of likely N-dealkylation sites (tertiary alicyclic amines) is 1. The zero-order chi connectivity index (χ0) is 12.8. The molecular weight excluding hydrogens is 226 g/mol. The van der Waals surface area contributed by atoms with Crippen LogP contribution in [0.1, 0.15) is 51.4 Å². The predicted octanol–water partition coefficient (Wildman–Crippen LogP) is 2.02. The van der Waals surface area contributed by atoms with Crippen molar-refractivity contribution in [2.24, 2.45) is 11.3 Å². The second-order valence-electron chi connectivity index (χ2n) is 6.47. The Balaban J connectivity index is 1.85. The molecule has 1 saturated heterocycles. The van der Waals surface area contributed by atoms with Crippen molar-refractivity contribution >= 4 is 0 Å². The zero-order valence-corrected chi connectivity index (χ0v) is 11.6. The van der Waals surface area contributed by atoms with Gasteiger partial charge in [0.15, 0.2) is 0 Å². The van der Waals surface area contributed by atoms with Gasteiger partial charge in [-0.3, -0.25) is 0 Å². The molecule has 2 N–H and O–H groups in total. The van der Waals surface area contributed by atoms with Crippen LogP contribution in [0, 0.1) is 11.3 Å². The summed E-state index contributed by atoms with van der Waals surface area (Å²) in [6.45, 7) is 3.98. The molecule has 1 heterocycles. The fraction of sp³-hybridized carbons (Fsp3) is 1.00. The summed E-state index contributed by atoms with van der Waals surface area (Å²) in [5.41, 5.74) is 0.169. The lowest BCUT2D eigenvalue weighted by Crippen LogP contribution is -2.44. The Labute approximate surface area is 111 Å². The van der Waals surface area contributed by atoms with E-state index in [0.717, 1.165) is 32.5 Å². The molecule has 0 radical (unpaired) electrons. The van der Waals surface area contributed by atoms with Crippen molar-refractivity contribution in [2.45, 2.75) is 51.4 Å². The molecule has 0 aromatic rings. The summed E-state index contributed by atoms with van der Waals surface area (Å²) in [5, 5.41) is 19.0. The highest BCUT2D eigenvalue weighted by molar-refractivity contribution is 4.86. The topological polar surface area (TPSA) is 43.7 Å². The van der Waals surface area contributed by atoms with Gasteiger partial charge in [-0.05, 0) is 44.7 Å². The summed E-state index contributed by atoms with van der Waals surface area (Å²) >= 11 is 0. The van der Waals surface area contributed by atoms with Crippen LogP contribution in [0.15, 0.2) is 0 Å². The molecule has 3 nitrogen and oxygen atoms in total. The van der Waals surface area contributed by atoms with E-state index in [1.807, 2.05) is 0 Å². The summed E-state index contributed by atoms with van der Waals surface area (Å²) < 4.78 is 0. The van der Waals surface area contributed by atoms with Crippen LogP contribution < -0.4 is 0 Å². The molecule has 106 valence electrons. The van der Waals surface area contributed by atoms with Gasteiger partial charge in [0.1, 0.15) is 0 Å². The quantitative estimate of drug-likeness (QED) is 0.755. The van der Waals surface area contributed by atoms with Crippen molar-refractivity contribution in [1.29, 1.82) is 0 Å². The summed E-state index contributed by atoms with van der Waals surface area (Å²) in [6.07, 6.45) is 9.90. The average molecular weight is 255 g/mol. The van der Waals surface area contributed by atoms with Crippen molar-refractivity contribution in [3.8, 4) is 0 Å². The first-order valence-corrected chi connectivity index (χ1v) is 7.72. The molecule has 1 saturated carbocycles. The second kappa shape index (κ2) is 6.88. The number of aliphatic hydroxyl groups excluding tert-OH is 2. The highest BCUT2D eigenvalue weighted by Gasteiger charge is 2.33. The van der Waals surface area contributed by atoms with E-state index in [1.54, 1.807) is 0 Å². The normalized spacial score (nSPS) is 27.0. The predicted molar refractivity (Wildman–Crippen MR) is 73.5 cm³/mol. The van der Waals surface area contributed by atoms with E-state index in [0.29, 0.717) is 19.1 Å². The molecule has 0 atom stereocenters. The second-order valence-corrected chi connectivity index (χ2v) is 6.47. The van der Waals surface area contributed by atoms with Crippen LogP contribution in [0.5, 0.6) is 0 Å². The number of hydrogen-bond donors (Lipinski definition) is 2. The van der Waals surface area contributed by atoms with Crippen LogP contribution in [-0.2, 0) is 0 Å². The number of hydrogen-bond acceptors (Lipinski definition) is 3. The molecule has 0 aromatic carbocycles. The Hall–Kier alpha value is -0.120. The summed E-state index contributed by atoms with van der Waals surface area (Å²) in [4.78, 5) is 2.52. The van der Waals surface area contributed by atoms with Crippen LogP contribution in [0.3, 0.4) is 0 Å². The van der Waals surface area contributed by atoms with E-state index in [1.165, 1.54) is 38.5 Å². The monoisotopic (exact) mass is 255 g/mol. The number of rotatable bonds is 4. The van der Waals surface area contributed by atoms with Crippen LogP contribution in [-0.4, -0.2) is 48.0 Å². The first-order valence-electron chi connectivity index (χ1n) is 7.72. The maximum absolute atomic E-state index is 9.83. The van der Waals surface area contributed by atoms with Gasteiger partial charge < -0.3 is 15.1 Å². The summed E-state index contributed by atoms with van der Waals surface area (Å²) in [6, 6.07) is 0. The summed E-state index contributed by atoms with van der Waals surface area (Å²) in [7, 11) is 0. The molecular formula is C15H29NO2. The van der Waals surface area contributed by atoms with E-state index in [9.17, 15) is 10.2 Å². The highest BCUT2D eigenvalue weighted by atomic mass is 16.3. The molecule has 2 fully saturated rings. The standard InChI is InChI=1S/C15H29NO2/c17-11-14-5-9-16(10-6-14)12-15(13-18)7-3-1-2-4-8-15/h14,17-18H,1-13H2. The van der Waals surface area contributed by atoms with E-state index in [2.05, 4.69) is 4.90 Å². The first-order chi connectivity index (χ1) is 8.78. The Bertz CT molecular complexity index is 229. The van der Waals surface area contributed by atoms with Crippen molar-refractivity contribution in [1.82, 2.24) is 4.90 Å². The van der Waals surface area contributed by atoms with Crippen molar-refractivity contribution in [2.75, 3.05) is 32.8 Å². The number of nitrogens with zero attached hydrogens (tertiary/aromatic N) is 1. The van der Waals surface area contributed by atoms with Gasteiger partial charge in [0.2, 0.25) is 0 Å². The minimum Gasteiger partial charge on any atom is -0.396 e. The third-order valence-corrected chi connectivity index (χ3v) is 5.02. The lowest BCUT2D eigenvalue weighted by molar-refractivity contribution is 0.0388. The lowest BCUT2D eigenvalue weighted by atomic mass is 9.80. The van der Waals surface area contributed by atoms with Crippen molar-refractivity contribution < 1.29 is 10.2 Å². The van der Waals surface area contributed by atoms with E-state index < -0.39 is 0 Å². The number of aliphatic hydroxyl groups is 2. The van der Waals surface area contributed by atoms with Gasteiger partial charge in [-0.1, -0.05) is 25.7 Å². The van der Waals surface area contributed by atoms with Gasteiger partial charge in [0.05, 0.1) is 0 Å². The molecule has 0 amide bonds. The summed E-state index contributed by atoms with van der Waals surface area (Å²) in [5.74, 6) is 0.514. The number of piperidine rings is 1. The van der Waals surface area contributed by atoms with Crippen molar-refractivity contribution in [3.63, 3.8) is 0 Å². The molecule has 0 unspecified atom stereocenters. The van der Waals surface area contributed by atoms with Crippen LogP contribution in [0.25, 0.3) is 0 Å². The lowest BCUT2D eigenvalue weighted by Gasteiger charge is -2.39. The molecule has 1 aliphatic heterocycles. The van der Waals surface area contributed by atoms with E-state index >= 15 is 0 Å². The third kappa shape index (κ3) is 3.69. The largest absolute Gasteiger partial charge is 0.396 e. The fourth-order valence-electron chi connectivity index (χ4n) is 3.65. The fourth-order valence-corrected chi connectivity index (χ4v) is 3.65. The Morgan fingerprint density at radius 3 is 2.06 bits per heavy atom. The third-order valence-electron chi connectivity index (χ3n) is 5.02. The minimum atomic E-state index is 0.169. The zero-order valence-electron chi connectivity index (χ0n) is 11.6. The van der Waals surface area contributed by atoms with E-state index in [4.69, 9.17) is 0 Å². The van der Waals surface area contributed by atoms with Crippen LogP contribution in [0.4, 0.5) is 0 Å². The Kier molecular flexibility index (Phi) is 5.46. The maximum atomic E-state index is 9.83. The van der Waals surface area contributed by atoms with Gasteiger partial charge in [-0.2, -0.15) is 0 Å². The van der Waals surface area contributed by atoms with Gasteiger partial charge in [0, 0.05) is 25.2 Å². The van der Waals surface area contributed by atoms with E-state index in [-0.39, 0.29) is 5.41 Å². The molecule has 0 spiro atoms. The van der Waals surface area contributed by atoms with Gasteiger partial charge in [0.25, 0.3) is 0 Å². The highest BCUT2D eigenvalue weighted by Crippen LogP contribution is 2.36. The Morgan fingerprint density at radius 1 is 0.944 bits per heavy atom. The first kappa shape index (κ1) is 14.3. The molecule has 0 bridgehead atoms. The van der Waals surface area contributed by atoms with Gasteiger partial charge in [-0.25, -0.2) is 0 Å². The molecule has 0 aromatic heterocycles. The van der Waals surface area contributed by atoms with Crippen LogP contribution in [0.2, 0.25) is 0 Å². The van der Waals surface area contributed by atoms with Gasteiger partial charge in [-0.15, -0.1) is 0 Å². The van der Waals surface area contributed by atoms with Gasteiger partial charge >= 0.3 is 0 Å². The smallest absolute Gasteiger partial charge is 0.0499 e. The maximum Gasteiger partial charge on any atom is 0.0499 e. The van der Waals surface area contributed by atoms with Crippen molar-refractivity contribution in [3.05, 3.63) is 0 Å². The molecule has 2 rings (SSSR count). The molecule has 18 heavy (non-hydrogen) atoms. The minimum absolute atomic E-state index is 0.169. The Morgan fingerprint density at radius 2 is 1.56 bits per heavy atom.